The Bertz CT molecular complexity index is 1600. The first-order valence-electron chi connectivity index (χ1n) is 30.2. The van der Waals surface area contributed by atoms with Crippen molar-refractivity contribution < 1.29 is 28.6 Å². The predicted octanol–water partition coefficient (Wildman–Crippen LogP) is 20.6. The van der Waals surface area contributed by atoms with Crippen LogP contribution in [0.25, 0.3) is 0 Å². The summed E-state index contributed by atoms with van der Waals surface area (Å²) < 4.78 is 16.8. The van der Waals surface area contributed by atoms with E-state index in [4.69, 9.17) is 14.2 Å². The van der Waals surface area contributed by atoms with E-state index >= 15 is 0 Å². The lowest BCUT2D eigenvalue weighted by Gasteiger charge is -2.18. The number of allylic oxidation sites excluding steroid dienone is 22. The molecular formula is C68H110O6. The number of hydrogen-bond acceptors (Lipinski definition) is 6. The second-order valence-electron chi connectivity index (χ2n) is 19.5. The van der Waals surface area contributed by atoms with Crippen molar-refractivity contribution in [3.8, 4) is 0 Å². The molecule has 1 atom stereocenters. The SMILES string of the molecule is CC/C=C\C/C=C\C/C=C\C/C=C\C/C=C\C/C=C\C/C=C\CCCCCCCCCCCC(=O)OCC(COC(=O)CCCCCCCCCCCC)OC(=O)CCCC/C=C\C/C=C\C/C=C\C/C=C\CC. The summed E-state index contributed by atoms with van der Waals surface area (Å²) >= 11 is 0. The van der Waals surface area contributed by atoms with Gasteiger partial charge in [0.15, 0.2) is 6.10 Å². The fourth-order valence-electron chi connectivity index (χ4n) is 7.94. The normalized spacial score (nSPS) is 13.1. The Morgan fingerprint density at radius 1 is 0.284 bits per heavy atom. The standard InChI is InChI=1S/C68H110O6/c1-4-7-10-13-16-19-22-24-26-27-28-29-30-31-32-33-34-35-36-37-38-39-40-41-43-44-46-49-52-55-58-61-67(70)73-64-65(63-72-66(69)60-57-54-51-48-21-18-15-12-9-6-3)74-68(71)62-59-56-53-50-47-45-42-25-23-20-17-14-11-8-5-2/h7-8,10-11,16-17,19-20,24-26,28-29,31-32,34-35,37-38,42,47,50,65H,4-6,9,12-15,18,21-23,27,30,33,36,39-41,43-46,48-49,51-64H2,1-3H3/b10-7-,11-8-,19-16-,20-17-,26-24-,29-28-,32-31-,35-34-,38-37-,42-25-,50-47-. The number of carbonyl (C=O) groups excluding carboxylic acids is 3. The van der Waals surface area contributed by atoms with E-state index < -0.39 is 6.10 Å². The third kappa shape index (κ3) is 58.4. The zero-order chi connectivity index (χ0) is 53.6. The van der Waals surface area contributed by atoms with Gasteiger partial charge in [0.1, 0.15) is 13.2 Å². The fraction of sp³-hybridized carbons (Fsp3) is 0.632. The van der Waals surface area contributed by atoms with Crippen molar-refractivity contribution in [3.05, 3.63) is 134 Å². The number of ether oxygens (including phenoxy) is 3. The zero-order valence-electron chi connectivity index (χ0n) is 47.8. The first kappa shape index (κ1) is 69.5. The van der Waals surface area contributed by atoms with Gasteiger partial charge in [-0.25, -0.2) is 0 Å². The highest BCUT2D eigenvalue weighted by Crippen LogP contribution is 2.15. The van der Waals surface area contributed by atoms with E-state index in [1.54, 1.807) is 0 Å². The Hall–Kier alpha value is -4.45. The van der Waals surface area contributed by atoms with Gasteiger partial charge in [0, 0.05) is 19.3 Å². The molecule has 0 bridgehead atoms. The lowest BCUT2D eigenvalue weighted by Crippen LogP contribution is -2.30. The van der Waals surface area contributed by atoms with Gasteiger partial charge in [0.25, 0.3) is 0 Å². The highest BCUT2D eigenvalue weighted by atomic mass is 16.6. The van der Waals surface area contributed by atoms with Crippen molar-refractivity contribution in [1.82, 2.24) is 0 Å². The summed E-state index contributed by atoms with van der Waals surface area (Å²) in [7, 11) is 0. The van der Waals surface area contributed by atoms with Crippen molar-refractivity contribution in [3.63, 3.8) is 0 Å². The molecule has 74 heavy (non-hydrogen) atoms. The minimum absolute atomic E-state index is 0.0979. The van der Waals surface area contributed by atoms with Crippen molar-refractivity contribution in [2.75, 3.05) is 13.2 Å². The van der Waals surface area contributed by atoms with Crippen LogP contribution in [0.3, 0.4) is 0 Å². The molecule has 0 amide bonds. The van der Waals surface area contributed by atoms with Crippen LogP contribution in [0.2, 0.25) is 0 Å². The van der Waals surface area contributed by atoms with Crippen LogP contribution in [-0.2, 0) is 28.6 Å². The summed E-state index contributed by atoms with van der Waals surface area (Å²) in [6, 6.07) is 0. The van der Waals surface area contributed by atoms with Crippen LogP contribution in [0.5, 0.6) is 0 Å². The van der Waals surface area contributed by atoms with Crippen molar-refractivity contribution in [2.45, 2.75) is 264 Å². The third-order valence-corrected chi connectivity index (χ3v) is 12.4. The maximum Gasteiger partial charge on any atom is 0.306 e. The van der Waals surface area contributed by atoms with E-state index in [0.29, 0.717) is 19.3 Å². The number of unbranched alkanes of at least 4 members (excludes halogenated alkanes) is 20. The van der Waals surface area contributed by atoms with Crippen LogP contribution < -0.4 is 0 Å². The average Bonchev–Trinajstić information content (AvgIpc) is 3.40. The molecule has 0 saturated heterocycles. The van der Waals surface area contributed by atoms with E-state index in [1.807, 2.05) is 0 Å². The molecule has 0 aliphatic rings. The smallest absolute Gasteiger partial charge is 0.306 e. The molecule has 0 heterocycles. The quantitative estimate of drug-likeness (QED) is 0.0261. The number of carbonyl (C=O) groups is 3. The topological polar surface area (TPSA) is 78.9 Å². The molecule has 0 saturated carbocycles. The van der Waals surface area contributed by atoms with E-state index in [2.05, 4.69) is 154 Å². The second kappa shape index (κ2) is 61.1. The minimum Gasteiger partial charge on any atom is -0.462 e. The molecular weight excluding hydrogens is 913 g/mol. The summed E-state index contributed by atoms with van der Waals surface area (Å²) in [5, 5.41) is 0. The first-order valence-corrected chi connectivity index (χ1v) is 30.2. The Kier molecular flexibility index (Phi) is 57.4. The lowest BCUT2D eigenvalue weighted by atomic mass is 10.1. The highest BCUT2D eigenvalue weighted by Gasteiger charge is 2.19. The molecule has 0 N–H and O–H groups in total. The van der Waals surface area contributed by atoms with Crippen molar-refractivity contribution in [2.24, 2.45) is 0 Å². The van der Waals surface area contributed by atoms with Crippen molar-refractivity contribution >= 4 is 17.9 Å². The molecule has 0 aromatic rings. The molecule has 0 spiro atoms. The monoisotopic (exact) mass is 1020 g/mol. The minimum atomic E-state index is -0.804. The molecule has 0 aromatic heterocycles. The summed E-state index contributed by atoms with van der Waals surface area (Å²) in [6.45, 7) is 6.35. The lowest BCUT2D eigenvalue weighted by molar-refractivity contribution is -0.167. The summed E-state index contributed by atoms with van der Waals surface area (Å²) in [4.78, 5) is 38.1. The van der Waals surface area contributed by atoms with Crippen LogP contribution in [0, 0.1) is 0 Å². The van der Waals surface area contributed by atoms with Gasteiger partial charge < -0.3 is 14.2 Å². The molecule has 6 heteroatoms. The van der Waals surface area contributed by atoms with Gasteiger partial charge in [-0.3, -0.25) is 14.4 Å². The fourth-order valence-corrected chi connectivity index (χ4v) is 7.94. The molecule has 0 rings (SSSR count). The van der Waals surface area contributed by atoms with Gasteiger partial charge in [0.2, 0.25) is 0 Å². The van der Waals surface area contributed by atoms with Gasteiger partial charge in [-0.1, -0.05) is 257 Å². The average molecular weight is 1020 g/mol. The molecule has 6 nitrogen and oxygen atoms in total. The molecule has 1 unspecified atom stereocenters. The number of hydrogen-bond donors (Lipinski definition) is 0. The maximum atomic E-state index is 12.8. The Balaban J connectivity index is 4.26. The first-order chi connectivity index (χ1) is 36.5. The second-order valence-corrected chi connectivity index (χ2v) is 19.5. The molecule has 418 valence electrons. The summed E-state index contributed by atoms with van der Waals surface area (Å²) in [6.07, 6.45) is 86.0. The van der Waals surface area contributed by atoms with E-state index in [-0.39, 0.29) is 37.5 Å². The van der Waals surface area contributed by atoms with Crippen LogP contribution in [0.1, 0.15) is 258 Å². The largest absolute Gasteiger partial charge is 0.462 e. The summed E-state index contributed by atoms with van der Waals surface area (Å²) in [5.41, 5.74) is 0. The maximum absolute atomic E-state index is 12.8. The highest BCUT2D eigenvalue weighted by molar-refractivity contribution is 5.71. The molecule has 0 fully saturated rings. The predicted molar refractivity (Wildman–Crippen MR) is 320 cm³/mol. The van der Waals surface area contributed by atoms with Crippen LogP contribution in [-0.4, -0.2) is 37.2 Å². The third-order valence-electron chi connectivity index (χ3n) is 12.4. The Morgan fingerprint density at radius 3 is 0.851 bits per heavy atom. The van der Waals surface area contributed by atoms with Crippen LogP contribution in [0.4, 0.5) is 0 Å². The van der Waals surface area contributed by atoms with Gasteiger partial charge in [-0.2, -0.15) is 0 Å². The van der Waals surface area contributed by atoms with Gasteiger partial charge in [-0.05, 0) is 116 Å². The van der Waals surface area contributed by atoms with Gasteiger partial charge >= 0.3 is 17.9 Å². The van der Waals surface area contributed by atoms with E-state index in [9.17, 15) is 14.4 Å². The Morgan fingerprint density at radius 2 is 0.527 bits per heavy atom. The van der Waals surface area contributed by atoms with Crippen molar-refractivity contribution in [1.29, 1.82) is 0 Å². The molecule has 0 aliphatic carbocycles. The van der Waals surface area contributed by atoms with E-state index in [0.717, 1.165) is 128 Å². The zero-order valence-corrected chi connectivity index (χ0v) is 47.8. The van der Waals surface area contributed by atoms with Gasteiger partial charge in [-0.15, -0.1) is 0 Å². The summed E-state index contributed by atoms with van der Waals surface area (Å²) in [5.74, 6) is -0.950. The van der Waals surface area contributed by atoms with Crippen LogP contribution >= 0.6 is 0 Å². The Labute approximate surface area is 455 Å². The number of rotatable bonds is 53. The molecule has 0 aromatic carbocycles. The molecule has 0 aliphatic heterocycles. The van der Waals surface area contributed by atoms with E-state index in [1.165, 1.54) is 83.5 Å². The van der Waals surface area contributed by atoms with Gasteiger partial charge in [0.05, 0.1) is 0 Å². The number of esters is 3. The van der Waals surface area contributed by atoms with Crippen LogP contribution in [0.15, 0.2) is 134 Å². The molecule has 0 radical (unpaired) electrons.